The highest BCUT2D eigenvalue weighted by molar-refractivity contribution is 8.00. The van der Waals surface area contributed by atoms with Crippen LogP contribution in [0.3, 0.4) is 0 Å². The fourth-order valence-corrected chi connectivity index (χ4v) is 4.19. The molecule has 1 aliphatic carbocycles. The average Bonchev–Trinajstić information content (AvgIpc) is 2.37. The lowest BCUT2D eigenvalue weighted by Crippen LogP contribution is -2.53. The van der Waals surface area contributed by atoms with Crippen molar-refractivity contribution in [3.63, 3.8) is 0 Å². The predicted octanol–water partition coefficient (Wildman–Crippen LogP) is 3.37. The summed E-state index contributed by atoms with van der Waals surface area (Å²) in [5.74, 6) is 2.19. The molecular weight excluding hydrogens is 252 g/mol. The van der Waals surface area contributed by atoms with Crippen LogP contribution in [0.1, 0.15) is 53.9 Å². The second kappa shape index (κ2) is 5.95. The summed E-state index contributed by atoms with van der Waals surface area (Å²) in [4.78, 5) is 2.78. The third-order valence-corrected chi connectivity index (χ3v) is 5.99. The van der Waals surface area contributed by atoms with E-state index in [1.165, 1.54) is 44.6 Å². The molecular formula is C16H32N2S. The van der Waals surface area contributed by atoms with E-state index < -0.39 is 0 Å². The molecule has 0 amide bonds. The van der Waals surface area contributed by atoms with E-state index in [0.29, 0.717) is 4.75 Å². The van der Waals surface area contributed by atoms with Crippen LogP contribution in [0, 0.1) is 5.92 Å². The fourth-order valence-electron chi connectivity index (χ4n) is 3.08. The van der Waals surface area contributed by atoms with Crippen molar-refractivity contribution in [2.24, 2.45) is 5.92 Å². The molecule has 1 saturated heterocycles. The fraction of sp³-hybridized carbons (Fsp3) is 1.00. The normalized spacial score (nSPS) is 32.7. The monoisotopic (exact) mass is 284 g/mol. The molecule has 0 radical (unpaired) electrons. The molecule has 0 spiro atoms. The molecule has 2 fully saturated rings. The molecule has 19 heavy (non-hydrogen) atoms. The largest absolute Gasteiger partial charge is 0.312 e. The van der Waals surface area contributed by atoms with Gasteiger partial charge in [-0.2, -0.15) is 11.8 Å². The molecule has 2 atom stereocenters. The lowest BCUT2D eigenvalue weighted by atomic mass is 9.77. The summed E-state index contributed by atoms with van der Waals surface area (Å²) in [6, 6.07) is 0.851. The Balaban J connectivity index is 1.81. The Labute approximate surface area is 124 Å². The van der Waals surface area contributed by atoms with Crippen molar-refractivity contribution in [1.29, 1.82) is 0 Å². The standard InChI is InChI=1S/C16H32N2S/c1-15(2,3)17-12-13-6-7-14(13)18-9-8-16(4,5)19-11-10-18/h13-14,17H,6-12H2,1-5H3. The van der Waals surface area contributed by atoms with Crippen LogP contribution < -0.4 is 5.32 Å². The lowest BCUT2D eigenvalue weighted by molar-refractivity contribution is 0.0623. The van der Waals surface area contributed by atoms with Gasteiger partial charge in [-0.15, -0.1) is 0 Å². The van der Waals surface area contributed by atoms with E-state index in [0.717, 1.165) is 12.0 Å². The van der Waals surface area contributed by atoms with Crippen molar-refractivity contribution in [2.75, 3.05) is 25.4 Å². The van der Waals surface area contributed by atoms with E-state index in [1.807, 2.05) is 0 Å². The van der Waals surface area contributed by atoms with Crippen LogP contribution in [-0.4, -0.2) is 46.6 Å². The lowest BCUT2D eigenvalue weighted by Gasteiger charge is -2.45. The summed E-state index contributed by atoms with van der Waals surface area (Å²) >= 11 is 2.16. The minimum Gasteiger partial charge on any atom is -0.312 e. The van der Waals surface area contributed by atoms with Gasteiger partial charge < -0.3 is 5.32 Å². The van der Waals surface area contributed by atoms with Gasteiger partial charge in [0.05, 0.1) is 0 Å². The van der Waals surface area contributed by atoms with Gasteiger partial charge in [-0.3, -0.25) is 4.90 Å². The first-order chi connectivity index (χ1) is 8.77. The van der Waals surface area contributed by atoms with Crippen LogP contribution in [-0.2, 0) is 0 Å². The molecule has 0 aromatic carbocycles. The van der Waals surface area contributed by atoms with E-state index in [-0.39, 0.29) is 5.54 Å². The Kier molecular flexibility index (Phi) is 4.90. The van der Waals surface area contributed by atoms with Crippen molar-refractivity contribution < 1.29 is 0 Å². The topological polar surface area (TPSA) is 15.3 Å². The van der Waals surface area contributed by atoms with Gasteiger partial charge in [0.15, 0.2) is 0 Å². The van der Waals surface area contributed by atoms with Crippen molar-refractivity contribution in [1.82, 2.24) is 10.2 Å². The van der Waals surface area contributed by atoms with Crippen molar-refractivity contribution in [2.45, 2.75) is 70.2 Å². The van der Waals surface area contributed by atoms with Crippen LogP contribution in [0.2, 0.25) is 0 Å². The highest BCUT2D eigenvalue weighted by Gasteiger charge is 2.37. The molecule has 1 saturated carbocycles. The van der Waals surface area contributed by atoms with Crippen LogP contribution in [0.5, 0.6) is 0 Å². The second-order valence-corrected chi connectivity index (χ2v) is 9.73. The Bertz CT molecular complexity index is 296. The predicted molar refractivity (Wildman–Crippen MR) is 87.0 cm³/mol. The van der Waals surface area contributed by atoms with E-state index in [9.17, 15) is 0 Å². The zero-order valence-electron chi connectivity index (χ0n) is 13.5. The molecule has 0 aromatic rings. The maximum Gasteiger partial charge on any atom is 0.0136 e. The number of rotatable bonds is 3. The number of hydrogen-bond donors (Lipinski definition) is 1. The highest BCUT2D eigenvalue weighted by atomic mass is 32.2. The summed E-state index contributed by atoms with van der Waals surface area (Å²) < 4.78 is 0.484. The first kappa shape index (κ1) is 15.7. The first-order valence-electron chi connectivity index (χ1n) is 7.90. The van der Waals surface area contributed by atoms with E-state index in [4.69, 9.17) is 0 Å². The van der Waals surface area contributed by atoms with Crippen LogP contribution in [0.25, 0.3) is 0 Å². The number of hydrogen-bond acceptors (Lipinski definition) is 3. The van der Waals surface area contributed by atoms with Crippen LogP contribution >= 0.6 is 11.8 Å². The second-order valence-electron chi connectivity index (χ2n) is 7.93. The first-order valence-corrected chi connectivity index (χ1v) is 8.88. The maximum absolute atomic E-state index is 3.69. The summed E-state index contributed by atoms with van der Waals surface area (Å²) in [6.45, 7) is 15.4. The zero-order chi connectivity index (χ0) is 14.1. The van der Waals surface area contributed by atoms with Crippen molar-refractivity contribution >= 4 is 11.8 Å². The van der Waals surface area contributed by atoms with Gasteiger partial charge in [0.1, 0.15) is 0 Å². The minimum atomic E-state index is 0.261. The number of thioether (sulfide) groups is 1. The van der Waals surface area contributed by atoms with E-state index in [2.05, 4.69) is 56.6 Å². The molecule has 112 valence electrons. The van der Waals surface area contributed by atoms with Gasteiger partial charge in [-0.05, 0) is 59.0 Å². The maximum atomic E-state index is 3.69. The molecule has 1 aliphatic heterocycles. The molecule has 0 bridgehead atoms. The quantitative estimate of drug-likeness (QED) is 0.855. The molecule has 1 heterocycles. The van der Waals surface area contributed by atoms with Gasteiger partial charge in [0.2, 0.25) is 0 Å². The summed E-state index contributed by atoms with van der Waals surface area (Å²) in [6.07, 6.45) is 4.18. The SMILES string of the molecule is CC(C)(C)NCC1CCC1N1CCSC(C)(C)CC1. The van der Waals surface area contributed by atoms with Crippen molar-refractivity contribution in [3.05, 3.63) is 0 Å². The third kappa shape index (κ3) is 4.64. The smallest absolute Gasteiger partial charge is 0.0136 e. The summed E-state index contributed by atoms with van der Waals surface area (Å²) in [5.41, 5.74) is 0.261. The highest BCUT2D eigenvalue weighted by Crippen LogP contribution is 2.36. The van der Waals surface area contributed by atoms with Gasteiger partial charge in [0, 0.05) is 28.6 Å². The van der Waals surface area contributed by atoms with Gasteiger partial charge in [-0.1, -0.05) is 13.8 Å². The van der Waals surface area contributed by atoms with E-state index in [1.54, 1.807) is 0 Å². The number of nitrogens with zero attached hydrogens (tertiary/aromatic N) is 1. The van der Waals surface area contributed by atoms with Crippen LogP contribution in [0.15, 0.2) is 0 Å². The average molecular weight is 285 g/mol. The molecule has 2 aliphatic rings. The molecule has 1 N–H and O–H groups in total. The Hall–Kier alpha value is 0.270. The van der Waals surface area contributed by atoms with Gasteiger partial charge in [-0.25, -0.2) is 0 Å². The van der Waals surface area contributed by atoms with Gasteiger partial charge in [0.25, 0.3) is 0 Å². The summed E-state index contributed by atoms with van der Waals surface area (Å²) in [5, 5.41) is 3.69. The Morgan fingerprint density at radius 3 is 2.53 bits per heavy atom. The zero-order valence-corrected chi connectivity index (χ0v) is 14.3. The Morgan fingerprint density at radius 1 is 1.21 bits per heavy atom. The molecule has 0 aromatic heterocycles. The Morgan fingerprint density at radius 2 is 1.95 bits per heavy atom. The van der Waals surface area contributed by atoms with E-state index >= 15 is 0 Å². The van der Waals surface area contributed by atoms with Crippen LogP contribution in [0.4, 0.5) is 0 Å². The molecule has 2 nitrogen and oxygen atoms in total. The summed E-state index contributed by atoms with van der Waals surface area (Å²) in [7, 11) is 0. The third-order valence-electron chi connectivity index (χ3n) is 4.61. The molecule has 2 unspecified atom stereocenters. The van der Waals surface area contributed by atoms with Crippen molar-refractivity contribution in [3.8, 4) is 0 Å². The number of nitrogens with one attached hydrogen (secondary N) is 1. The minimum absolute atomic E-state index is 0.261. The molecule has 2 rings (SSSR count). The molecule has 3 heteroatoms. The van der Waals surface area contributed by atoms with Gasteiger partial charge >= 0.3 is 0 Å².